The van der Waals surface area contributed by atoms with Crippen molar-refractivity contribution in [2.24, 2.45) is 0 Å². The first kappa shape index (κ1) is 17.0. The van der Waals surface area contributed by atoms with Crippen LogP contribution in [0.15, 0.2) is 62.7 Å². The molecule has 0 saturated heterocycles. The molecule has 24 heavy (non-hydrogen) atoms. The second-order valence-electron chi connectivity index (χ2n) is 5.97. The van der Waals surface area contributed by atoms with Crippen LogP contribution < -0.4 is 0 Å². The minimum Gasteiger partial charge on any atom is -0.461 e. The van der Waals surface area contributed by atoms with Gasteiger partial charge in [0, 0.05) is 36.5 Å². The number of sulfone groups is 1. The molecule has 0 unspecified atom stereocenters. The Labute approximate surface area is 147 Å². The molecule has 2 heterocycles. The Morgan fingerprint density at radius 1 is 1.04 bits per heavy atom. The predicted molar refractivity (Wildman–Crippen MR) is 95.4 cm³/mol. The van der Waals surface area contributed by atoms with Crippen molar-refractivity contribution >= 4 is 33.2 Å². The molecule has 0 amide bonds. The number of halogens is 1. The van der Waals surface area contributed by atoms with Gasteiger partial charge in [0.05, 0.1) is 9.79 Å². The van der Waals surface area contributed by atoms with E-state index in [-0.39, 0.29) is 17.3 Å². The molecule has 1 aliphatic rings. The van der Waals surface area contributed by atoms with Gasteiger partial charge in [-0.2, -0.15) is 0 Å². The van der Waals surface area contributed by atoms with Gasteiger partial charge in [0.2, 0.25) is 9.84 Å². The fourth-order valence-corrected chi connectivity index (χ4v) is 4.40. The van der Waals surface area contributed by atoms with E-state index >= 15 is 0 Å². The molecule has 4 nitrogen and oxygen atoms in total. The number of benzene rings is 2. The lowest BCUT2D eigenvalue weighted by Crippen LogP contribution is -2.25. The molecule has 0 N–H and O–H groups in total. The monoisotopic (exact) mass is 363 g/mol. The molecule has 1 aromatic heterocycles. The molecule has 0 saturated carbocycles. The third-order valence-electron chi connectivity index (χ3n) is 4.36. The van der Waals surface area contributed by atoms with E-state index in [1.54, 1.807) is 42.5 Å². The first-order valence-corrected chi connectivity index (χ1v) is 9.07. The van der Waals surface area contributed by atoms with Gasteiger partial charge in [-0.15, -0.1) is 12.4 Å². The number of hydrogen-bond acceptors (Lipinski definition) is 4. The van der Waals surface area contributed by atoms with E-state index in [0.717, 1.165) is 30.7 Å². The molecule has 1 aliphatic heterocycles. The lowest BCUT2D eigenvalue weighted by atomic mass is 10.1. The average Bonchev–Trinajstić information content (AvgIpc) is 2.92. The summed E-state index contributed by atoms with van der Waals surface area (Å²) in [5.74, 6) is 0.979. The third kappa shape index (κ3) is 2.73. The van der Waals surface area contributed by atoms with E-state index in [1.165, 1.54) is 5.56 Å². The molecule has 2 aromatic carbocycles. The normalized spacial score (nSPS) is 15.0. The van der Waals surface area contributed by atoms with Gasteiger partial charge < -0.3 is 9.32 Å². The highest BCUT2D eigenvalue weighted by molar-refractivity contribution is 7.91. The van der Waals surface area contributed by atoms with Gasteiger partial charge in [0.15, 0.2) is 0 Å². The summed E-state index contributed by atoms with van der Waals surface area (Å²) in [4.78, 5) is 2.82. The van der Waals surface area contributed by atoms with Gasteiger partial charge in [-0.05, 0) is 31.3 Å². The second-order valence-corrected chi connectivity index (χ2v) is 7.92. The van der Waals surface area contributed by atoms with Crippen LogP contribution in [0.4, 0.5) is 0 Å². The van der Waals surface area contributed by atoms with Crippen LogP contribution in [0.5, 0.6) is 0 Å². The van der Waals surface area contributed by atoms with Gasteiger partial charge in [-0.1, -0.05) is 18.2 Å². The molecule has 0 aliphatic carbocycles. The van der Waals surface area contributed by atoms with Crippen molar-refractivity contribution in [3.05, 3.63) is 59.9 Å². The quantitative estimate of drug-likeness (QED) is 0.697. The highest BCUT2D eigenvalue weighted by Gasteiger charge is 2.23. The third-order valence-corrected chi connectivity index (χ3v) is 6.13. The molecule has 0 fully saturated rings. The number of fused-ring (bicyclic) bond motifs is 3. The van der Waals surface area contributed by atoms with Crippen LogP contribution >= 0.6 is 12.4 Å². The Morgan fingerprint density at radius 2 is 1.79 bits per heavy atom. The fraction of sp³-hybridized carbons (Fsp3) is 0.222. The van der Waals surface area contributed by atoms with Crippen LogP contribution in [-0.2, 0) is 22.8 Å². The number of nitrogens with zero attached hydrogens (tertiary/aromatic N) is 1. The van der Waals surface area contributed by atoms with Crippen molar-refractivity contribution in [2.45, 2.75) is 22.8 Å². The predicted octanol–water partition coefficient (Wildman–Crippen LogP) is 3.68. The summed E-state index contributed by atoms with van der Waals surface area (Å²) in [7, 11) is -1.43. The molecule has 6 heteroatoms. The van der Waals surface area contributed by atoms with Crippen LogP contribution in [-0.4, -0.2) is 26.9 Å². The van der Waals surface area contributed by atoms with Crippen LogP contribution in [0.1, 0.15) is 11.3 Å². The Bertz CT molecular complexity index is 980. The molecule has 0 atom stereocenters. The smallest absolute Gasteiger partial charge is 0.206 e. The Morgan fingerprint density at radius 3 is 2.54 bits per heavy atom. The van der Waals surface area contributed by atoms with Gasteiger partial charge >= 0.3 is 0 Å². The maximum Gasteiger partial charge on any atom is 0.206 e. The van der Waals surface area contributed by atoms with E-state index in [0.29, 0.717) is 10.5 Å². The van der Waals surface area contributed by atoms with Crippen molar-refractivity contribution < 1.29 is 12.8 Å². The van der Waals surface area contributed by atoms with Gasteiger partial charge in [0.1, 0.15) is 11.3 Å². The summed E-state index contributed by atoms with van der Waals surface area (Å²) < 4.78 is 31.4. The topological polar surface area (TPSA) is 50.5 Å². The zero-order valence-electron chi connectivity index (χ0n) is 13.2. The van der Waals surface area contributed by atoms with Crippen LogP contribution in [0.25, 0.3) is 11.0 Å². The summed E-state index contributed by atoms with van der Waals surface area (Å²) in [5.41, 5.74) is 1.83. The van der Waals surface area contributed by atoms with Crippen LogP contribution in [0, 0.1) is 0 Å². The van der Waals surface area contributed by atoms with E-state index in [1.807, 2.05) is 6.07 Å². The van der Waals surface area contributed by atoms with Crippen molar-refractivity contribution in [3.8, 4) is 0 Å². The minimum absolute atomic E-state index is 0. The molecule has 0 bridgehead atoms. The lowest BCUT2D eigenvalue weighted by molar-refractivity contribution is 0.296. The number of furan rings is 1. The van der Waals surface area contributed by atoms with E-state index < -0.39 is 9.84 Å². The molecule has 126 valence electrons. The molecule has 4 rings (SSSR count). The first-order valence-electron chi connectivity index (χ1n) is 7.59. The van der Waals surface area contributed by atoms with Crippen molar-refractivity contribution in [1.82, 2.24) is 4.90 Å². The molecule has 3 aromatic rings. The number of likely N-dealkylation sites (N-methyl/N-ethyl adjacent to an activating group) is 1. The number of hydrogen-bond donors (Lipinski definition) is 0. The van der Waals surface area contributed by atoms with Gasteiger partial charge in [-0.25, -0.2) is 8.42 Å². The average molecular weight is 364 g/mol. The zero-order chi connectivity index (χ0) is 16.0. The maximum atomic E-state index is 12.7. The Kier molecular flexibility index (Phi) is 4.42. The van der Waals surface area contributed by atoms with Crippen molar-refractivity contribution in [2.75, 3.05) is 13.6 Å². The zero-order valence-corrected chi connectivity index (χ0v) is 14.9. The van der Waals surface area contributed by atoms with Gasteiger partial charge in [-0.3, -0.25) is 0 Å². The largest absolute Gasteiger partial charge is 0.461 e. The SMILES string of the molecule is CN1CCc2oc3cc(S(=O)(=O)c4ccccc4)ccc3c2C1.Cl. The summed E-state index contributed by atoms with van der Waals surface area (Å²) in [5, 5.41) is 1.01. The van der Waals surface area contributed by atoms with Crippen LogP contribution in [0.3, 0.4) is 0 Å². The highest BCUT2D eigenvalue weighted by atomic mass is 35.5. The summed E-state index contributed by atoms with van der Waals surface area (Å²) in [6.07, 6.45) is 0.862. The maximum absolute atomic E-state index is 12.7. The van der Waals surface area contributed by atoms with Gasteiger partial charge in [0.25, 0.3) is 0 Å². The molecule has 0 radical (unpaired) electrons. The standard InChI is InChI=1S/C18H17NO3S.ClH/c1-19-10-9-17-16(12-19)15-8-7-14(11-18(15)22-17)23(20,21)13-5-3-2-4-6-13;/h2-8,11H,9-10,12H2,1H3;1H. The summed E-state index contributed by atoms with van der Waals surface area (Å²) in [6.45, 7) is 1.80. The highest BCUT2D eigenvalue weighted by Crippen LogP contribution is 2.32. The van der Waals surface area contributed by atoms with E-state index in [4.69, 9.17) is 4.42 Å². The molecular formula is C18H18ClNO3S. The minimum atomic E-state index is -3.51. The van der Waals surface area contributed by atoms with E-state index in [2.05, 4.69) is 11.9 Å². The lowest BCUT2D eigenvalue weighted by Gasteiger charge is -2.21. The fourth-order valence-electron chi connectivity index (χ4n) is 3.10. The number of rotatable bonds is 2. The summed E-state index contributed by atoms with van der Waals surface area (Å²) in [6, 6.07) is 13.7. The Hall–Kier alpha value is -1.82. The van der Waals surface area contributed by atoms with Crippen molar-refractivity contribution in [1.29, 1.82) is 0 Å². The second kappa shape index (κ2) is 6.24. The summed E-state index contributed by atoms with van der Waals surface area (Å²) >= 11 is 0. The van der Waals surface area contributed by atoms with Crippen molar-refractivity contribution in [3.63, 3.8) is 0 Å². The molecular weight excluding hydrogens is 346 g/mol. The first-order chi connectivity index (χ1) is 11.1. The van der Waals surface area contributed by atoms with E-state index in [9.17, 15) is 8.42 Å². The van der Waals surface area contributed by atoms with Crippen LogP contribution in [0.2, 0.25) is 0 Å². The molecule has 0 spiro atoms. The Balaban J connectivity index is 0.00000169.